The number of nitrogens with zero attached hydrogens (tertiary/aromatic N) is 1. The van der Waals surface area contributed by atoms with Gasteiger partial charge in [-0.05, 0) is 6.92 Å². The fourth-order valence-corrected chi connectivity index (χ4v) is 0.660. The van der Waals surface area contributed by atoms with Gasteiger partial charge in [0.15, 0.2) is 6.73 Å². The highest BCUT2D eigenvalue weighted by atomic mass is 16.3. The largest absolute Gasteiger partial charge is 0.425 e. The van der Waals surface area contributed by atoms with Crippen LogP contribution in [0.1, 0.15) is 6.92 Å². The van der Waals surface area contributed by atoms with E-state index in [-0.39, 0.29) is 6.54 Å². The summed E-state index contributed by atoms with van der Waals surface area (Å²) in [5.41, 5.74) is 9.73. The molecule has 0 saturated carbocycles. The van der Waals surface area contributed by atoms with Gasteiger partial charge in [-0.25, -0.2) is 9.59 Å². The van der Waals surface area contributed by atoms with Crippen LogP contribution < -0.4 is 11.5 Å². The Hall–Kier alpha value is -1.14. The number of nitrogens with two attached hydrogens (primary N) is 2. The second kappa shape index (κ2) is 3.31. The summed E-state index contributed by atoms with van der Waals surface area (Å²) in [4.78, 5) is 21.3. The van der Waals surface area contributed by atoms with E-state index in [1.807, 2.05) is 0 Å². The molecule has 0 spiro atoms. The Kier molecular flexibility index (Phi) is 2.97. The van der Waals surface area contributed by atoms with Crippen LogP contribution in [-0.2, 0) is 0 Å². The van der Waals surface area contributed by atoms with Crippen molar-refractivity contribution in [2.24, 2.45) is 11.5 Å². The number of amides is 4. The highest BCUT2D eigenvalue weighted by Crippen LogP contribution is 2.03. The quantitative estimate of drug-likeness (QED) is 0.355. The van der Waals surface area contributed by atoms with Crippen LogP contribution in [0.2, 0.25) is 0 Å². The molecule has 6 nitrogen and oxygen atoms in total. The maximum absolute atomic E-state index is 10.7. The molecule has 0 radical (unpaired) electrons. The van der Waals surface area contributed by atoms with Crippen LogP contribution in [0.5, 0.6) is 0 Å². The number of rotatable bonds is 2. The van der Waals surface area contributed by atoms with Crippen molar-refractivity contribution in [3.8, 4) is 0 Å². The molecule has 0 fully saturated rings. The number of aliphatic hydroxyl groups is 1. The van der Waals surface area contributed by atoms with Crippen molar-refractivity contribution in [2.45, 2.75) is 6.92 Å². The number of quaternary nitrogens is 1. The first-order valence-corrected chi connectivity index (χ1v) is 3.09. The number of urea groups is 2. The lowest BCUT2D eigenvalue weighted by molar-refractivity contribution is -0.787. The molecule has 0 aromatic rings. The van der Waals surface area contributed by atoms with E-state index in [2.05, 4.69) is 0 Å². The number of carbonyl (C=O) groups is 2. The summed E-state index contributed by atoms with van der Waals surface area (Å²) in [6.45, 7) is 0.897. The molecule has 0 aromatic heterocycles. The van der Waals surface area contributed by atoms with E-state index in [9.17, 15) is 9.59 Å². The van der Waals surface area contributed by atoms with Gasteiger partial charge >= 0.3 is 12.1 Å². The van der Waals surface area contributed by atoms with Crippen molar-refractivity contribution < 1.29 is 19.2 Å². The lowest BCUT2D eigenvalue weighted by atomic mass is 10.5. The number of primary amides is 2. The van der Waals surface area contributed by atoms with E-state index in [1.165, 1.54) is 6.92 Å². The Bertz CT molecular complexity index is 160. The zero-order valence-corrected chi connectivity index (χ0v) is 6.28. The number of hydrogen-bond donors (Lipinski definition) is 3. The van der Waals surface area contributed by atoms with Crippen molar-refractivity contribution in [3.63, 3.8) is 0 Å². The molecule has 0 aliphatic carbocycles. The smallest absolute Gasteiger partial charge is 0.346 e. The Labute approximate surface area is 64.0 Å². The SMILES string of the molecule is CC[N+](CO)(C(N)=O)C(N)=O. The second-order valence-corrected chi connectivity index (χ2v) is 2.10. The summed E-state index contributed by atoms with van der Waals surface area (Å²) in [7, 11) is 0. The Morgan fingerprint density at radius 2 is 1.73 bits per heavy atom. The highest BCUT2D eigenvalue weighted by Gasteiger charge is 2.39. The minimum atomic E-state index is -0.942. The third kappa shape index (κ3) is 1.47. The monoisotopic (exact) mass is 162 g/mol. The number of hydrogen-bond acceptors (Lipinski definition) is 3. The fraction of sp³-hybridized carbons (Fsp3) is 0.600. The molecule has 0 heterocycles. The first-order valence-electron chi connectivity index (χ1n) is 3.09. The molecule has 0 aliphatic heterocycles. The Morgan fingerprint density at radius 3 is 1.73 bits per heavy atom. The van der Waals surface area contributed by atoms with E-state index < -0.39 is 23.3 Å². The standard InChI is InChI=1S/C5H11N3O3/c1-2-8(3-9,4(6)10)5(7)11/h9H,2-3H2,1H3,(H3-,6,7,10,11)/p+1. The van der Waals surface area contributed by atoms with Gasteiger partial charge in [0, 0.05) is 0 Å². The van der Waals surface area contributed by atoms with Gasteiger partial charge in [0.2, 0.25) is 0 Å². The van der Waals surface area contributed by atoms with Crippen LogP contribution in [0.25, 0.3) is 0 Å². The minimum Gasteiger partial charge on any atom is -0.346 e. The summed E-state index contributed by atoms with van der Waals surface area (Å²) in [5, 5.41) is 8.69. The Morgan fingerprint density at radius 1 is 1.36 bits per heavy atom. The van der Waals surface area contributed by atoms with E-state index in [1.54, 1.807) is 0 Å². The molecule has 6 heteroatoms. The molecule has 0 unspecified atom stereocenters. The van der Waals surface area contributed by atoms with Crippen molar-refractivity contribution in [3.05, 3.63) is 0 Å². The normalized spacial score (nSPS) is 11.1. The van der Waals surface area contributed by atoms with Gasteiger partial charge < -0.3 is 16.6 Å². The molecule has 0 aromatic carbocycles. The fourth-order valence-electron chi connectivity index (χ4n) is 0.660. The minimum absolute atomic E-state index is 0.0567. The van der Waals surface area contributed by atoms with Gasteiger partial charge in [0.25, 0.3) is 0 Å². The van der Waals surface area contributed by atoms with Crippen LogP contribution in [0.15, 0.2) is 0 Å². The van der Waals surface area contributed by atoms with Crippen molar-refractivity contribution >= 4 is 12.1 Å². The lowest BCUT2D eigenvalue weighted by Crippen LogP contribution is -2.62. The van der Waals surface area contributed by atoms with Crippen molar-refractivity contribution in [2.75, 3.05) is 13.3 Å². The van der Waals surface area contributed by atoms with Crippen LogP contribution in [-0.4, -0.2) is 34.9 Å². The third-order valence-corrected chi connectivity index (χ3v) is 1.62. The van der Waals surface area contributed by atoms with E-state index in [0.717, 1.165) is 0 Å². The molecule has 0 aliphatic rings. The molecule has 11 heavy (non-hydrogen) atoms. The van der Waals surface area contributed by atoms with Gasteiger partial charge in [-0.1, -0.05) is 0 Å². The Balaban J connectivity index is 4.76. The summed E-state index contributed by atoms with van der Waals surface area (Å²) >= 11 is 0. The van der Waals surface area contributed by atoms with E-state index in [4.69, 9.17) is 16.6 Å². The van der Waals surface area contributed by atoms with Crippen LogP contribution in [0.4, 0.5) is 9.59 Å². The van der Waals surface area contributed by atoms with Gasteiger partial charge in [0.05, 0.1) is 6.54 Å². The topological polar surface area (TPSA) is 106 Å². The molecular weight excluding hydrogens is 150 g/mol. The molecular formula is C5H12N3O3+. The number of carbonyl (C=O) groups excluding carboxylic acids is 2. The highest BCUT2D eigenvalue weighted by molar-refractivity contribution is 5.80. The first kappa shape index (κ1) is 9.86. The van der Waals surface area contributed by atoms with Gasteiger partial charge in [-0.15, -0.1) is 4.48 Å². The van der Waals surface area contributed by atoms with E-state index >= 15 is 0 Å². The second-order valence-electron chi connectivity index (χ2n) is 2.10. The number of aliphatic hydroxyl groups excluding tert-OH is 1. The maximum atomic E-state index is 10.7. The predicted molar refractivity (Wildman–Crippen MR) is 37.1 cm³/mol. The lowest BCUT2D eigenvalue weighted by Gasteiger charge is -2.24. The number of imide groups is 1. The third-order valence-electron chi connectivity index (χ3n) is 1.62. The molecule has 0 rings (SSSR count). The molecule has 0 bridgehead atoms. The maximum Gasteiger partial charge on any atom is 0.425 e. The molecule has 0 atom stereocenters. The molecule has 5 N–H and O–H groups in total. The van der Waals surface area contributed by atoms with Gasteiger partial charge in [-0.3, -0.25) is 0 Å². The molecule has 0 saturated heterocycles. The van der Waals surface area contributed by atoms with Crippen LogP contribution in [0.3, 0.4) is 0 Å². The zero-order chi connectivity index (χ0) is 9.07. The summed E-state index contributed by atoms with van der Waals surface area (Å²) < 4.78 is -0.917. The first-order chi connectivity index (χ1) is 5.01. The van der Waals surface area contributed by atoms with Gasteiger partial charge in [-0.2, -0.15) is 0 Å². The summed E-state index contributed by atoms with van der Waals surface area (Å²) in [6, 6.07) is -1.88. The van der Waals surface area contributed by atoms with Crippen molar-refractivity contribution in [1.82, 2.24) is 0 Å². The predicted octanol–water partition coefficient (Wildman–Crippen LogP) is -1.07. The molecule has 4 amide bonds. The average molecular weight is 162 g/mol. The van der Waals surface area contributed by atoms with Crippen LogP contribution >= 0.6 is 0 Å². The zero-order valence-electron chi connectivity index (χ0n) is 6.28. The van der Waals surface area contributed by atoms with E-state index in [0.29, 0.717) is 0 Å². The van der Waals surface area contributed by atoms with Crippen LogP contribution in [0, 0.1) is 0 Å². The van der Waals surface area contributed by atoms with Gasteiger partial charge in [0.1, 0.15) is 0 Å². The van der Waals surface area contributed by atoms with Crippen molar-refractivity contribution in [1.29, 1.82) is 0 Å². The summed E-state index contributed by atoms with van der Waals surface area (Å²) in [5.74, 6) is 0. The molecule has 64 valence electrons. The summed E-state index contributed by atoms with van der Waals surface area (Å²) in [6.07, 6.45) is 0. The average Bonchev–Trinajstić information content (AvgIpc) is 1.90.